The molecule has 38 heavy (non-hydrogen) atoms. The van der Waals surface area contributed by atoms with Crippen LogP contribution >= 0.6 is 23.2 Å². The molecule has 2 aliphatic heterocycles. The van der Waals surface area contributed by atoms with Crippen LogP contribution < -0.4 is 4.90 Å². The van der Waals surface area contributed by atoms with Gasteiger partial charge in [-0.3, -0.25) is 9.69 Å². The highest BCUT2D eigenvalue weighted by Crippen LogP contribution is 2.34. The lowest BCUT2D eigenvalue weighted by Crippen LogP contribution is -2.50. The van der Waals surface area contributed by atoms with Crippen LogP contribution in [0.5, 0.6) is 0 Å². The first-order valence-corrected chi connectivity index (χ1v) is 14.3. The van der Waals surface area contributed by atoms with Gasteiger partial charge in [-0.2, -0.15) is 5.10 Å². The topological polar surface area (TPSA) is 76.4 Å². The normalized spacial score (nSPS) is 23.2. The van der Waals surface area contributed by atoms with E-state index in [9.17, 15) is 4.79 Å². The van der Waals surface area contributed by atoms with Gasteiger partial charge in [0.15, 0.2) is 5.65 Å². The minimum Gasteiger partial charge on any atom is -0.469 e. The maximum Gasteiger partial charge on any atom is 0.305 e. The minimum atomic E-state index is -0.124. The zero-order valence-electron chi connectivity index (χ0n) is 22.5. The summed E-state index contributed by atoms with van der Waals surface area (Å²) in [6.07, 6.45) is 7.73. The van der Waals surface area contributed by atoms with Gasteiger partial charge in [-0.25, -0.2) is 14.6 Å². The van der Waals surface area contributed by atoms with E-state index in [1.807, 2.05) is 29.9 Å². The van der Waals surface area contributed by atoms with E-state index in [2.05, 4.69) is 23.6 Å². The highest BCUT2D eigenvalue weighted by atomic mass is 35.5. The third kappa shape index (κ3) is 5.36. The number of benzene rings is 1. The summed E-state index contributed by atoms with van der Waals surface area (Å²) in [5.74, 6) is 0.763. The van der Waals surface area contributed by atoms with Crippen LogP contribution in [-0.4, -0.2) is 68.9 Å². The standard InChI is InChI=1S/C28H36Cl2N6O2/c1-17-14-22(35-12-5-6-21(35)8-10-26(37)38-4)11-13-34(17)25-16-31-27-18(2)33-36(28(27)32-25)19(3)23-9-7-20(29)15-24(23)30/h7,9,15-17,19,21-22H,5-6,8,10-14H2,1-4H3/t17-,19+,21?,22?/m0/s1. The molecule has 0 amide bonds. The Hall–Kier alpha value is -2.42. The van der Waals surface area contributed by atoms with Crippen LogP contribution in [0.25, 0.3) is 11.2 Å². The van der Waals surface area contributed by atoms with Gasteiger partial charge in [0.05, 0.1) is 25.0 Å². The van der Waals surface area contributed by atoms with E-state index in [1.54, 1.807) is 6.07 Å². The van der Waals surface area contributed by atoms with E-state index in [-0.39, 0.29) is 12.0 Å². The SMILES string of the molecule is COC(=O)CCC1CCCN1C1CCN(c2cnc3c(C)nn([C@H](C)c4ccc(Cl)cc4Cl)c3n2)[C@@H](C)C1. The van der Waals surface area contributed by atoms with Crippen LogP contribution in [-0.2, 0) is 9.53 Å². The number of carbonyl (C=O) groups excluding carboxylic acids is 1. The summed E-state index contributed by atoms with van der Waals surface area (Å²) in [6, 6.07) is 6.73. The number of nitrogens with zero attached hydrogens (tertiary/aromatic N) is 6. The highest BCUT2D eigenvalue weighted by Gasteiger charge is 2.36. The number of rotatable bonds is 7. The Morgan fingerprint density at radius 3 is 2.79 bits per heavy atom. The molecule has 2 saturated heterocycles. The molecule has 10 heteroatoms. The number of anilines is 1. The van der Waals surface area contributed by atoms with Gasteiger partial charge in [-0.15, -0.1) is 0 Å². The lowest BCUT2D eigenvalue weighted by atomic mass is 9.95. The maximum atomic E-state index is 11.7. The number of likely N-dealkylation sites (tertiary alicyclic amines) is 1. The molecule has 4 atom stereocenters. The molecule has 2 aromatic heterocycles. The van der Waals surface area contributed by atoms with Gasteiger partial charge in [0.2, 0.25) is 0 Å². The van der Waals surface area contributed by atoms with E-state index in [0.717, 1.165) is 67.0 Å². The van der Waals surface area contributed by atoms with Crippen molar-refractivity contribution in [2.45, 2.75) is 83.5 Å². The van der Waals surface area contributed by atoms with Crippen LogP contribution in [0.15, 0.2) is 24.4 Å². The van der Waals surface area contributed by atoms with E-state index >= 15 is 0 Å². The van der Waals surface area contributed by atoms with Crippen molar-refractivity contribution >= 4 is 46.2 Å². The second-order valence-corrected chi connectivity index (χ2v) is 11.5. The monoisotopic (exact) mass is 558 g/mol. The number of aromatic nitrogens is 4. The number of hydrogen-bond donors (Lipinski definition) is 0. The fraction of sp³-hybridized carbons (Fsp3) is 0.571. The van der Waals surface area contributed by atoms with Gasteiger partial charge in [-0.1, -0.05) is 29.3 Å². The third-order valence-corrected chi connectivity index (χ3v) is 8.84. The molecule has 1 aromatic carbocycles. The number of halogens is 2. The van der Waals surface area contributed by atoms with Crippen LogP contribution in [0, 0.1) is 6.92 Å². The van der Waals surface area contributed by atoms with Crippen molar-refractivity contribution in [3.8, 4) is 0 Å². The molecule has 4 heterocycles. The lowest BCUT2D eigenvalue weighted by Gasteiger charge is -2.43. The Labute approximate surface area is 234 Å². The van der Waals surface area contributed by atoms with Crippen LogP contribution in [0.4, 0.5) is 5.82 Å². The molecule has 0 saturated carbocycles. The first-order valence-electron chi connectivity index (χ1n) is 13.5. The number of esters is 1. The minimum absolute atomic E-state index is 0.115. The Balaban J connectivity index is 1.34. The number of piperidine rings is 1. The molecule has 2 aliphatic rings. The number of carbonyl (C=O) groups is 1. The lowest BCUT2D eigenvalue weighted by molar-refractivity contribution is -0.141. The average Bonchev–Trinajstić information content (AvgIpc) is 3.51. The smallest absolute Gasteiger partial charge is 0.305 e. The van der Waals surface area contributed by atoms with E-state index in [4.69, 9.17) is 43.0 Å². The van der Waals surface area contributed by atoms with Gasteiger partial charge in [0.25, 0.3) is 0 Å². The van der Waals surface area contributed by atoms with Gasteiger partial charge >= 0.3 is 5.97 Å². The van der Waals surface area contributed by atoms with Crippen molar-refractivity contribution in [3.63, 3.8) is 0 Å². The zero-order valence-corrected chi connectivity index (χ0v) is 24.0. The van der Waals surface area contributed by atoms with Crippen molar-refractivity contribution in [3.05, 3.63) is 45.7 Å². The quantitative estimate of drug-likeness (QED) is 0.338. The number of ether oxygens (including phenoxy) is 1. The molecule has 0 N–H and O–H groups in total. The van der Waals surface area contributed by atoms with Crippen molar-refractivity contribution < 1.29 is 9.53 Å². The number of methoxy groups -OCH3 is 1. The molecule has 2 unspecified atom stereocenters. The van der Waals surface area contributed by atoms with Crippen LogP contribution in [0.1, 0.15) is 69.7 Å². The summed E-state index contributed by atoms with van der Waals surface area (Å²) in [6.45, 7) is 8.33. The Morgan fingerprint density at radius 1 is 1.24 bits per heavy atom. The maximum absolute atomic E-state index is 11.7. The van der Waals surface area contributed by atoms with Crippen molar-refractivity contribution in [2.24, 2.45) is 0 Å². The third-order valence-electron chi connectivity index (χ3n) is 8.28. The number of aryl methyl sites for hydroxylation is 1. The summed E-state index contributed by atoms with van der Waals surface area (Å²) < 4.78 is 6.79. The Kier molecular flexibility index (Phi) is 8.12. The molecule has 0 bridgehead atoms. The van der Waals surface area contributed by atoms with Crippen molar-refractivity contribution in [1.82, 2.24) is 24.6 Å². The van der Waals surface area contributed by atoms with Crippen LogP contribution in [0.2, 0.25) is 10.0 Å². The summed E-state index contributed by atoms with van der Waals surface area (Å²) in [4.78, 5) is 26.6. The Bertz CT molecular complexity index is 1310. The second-order valence-electron chi connectivity index (χ2n) is 10.6. The highest BCUT2D eigenvalue weighted by molar-refractivity contribution is 6.35. The Morgan fingerprint density at radius 2 is 2.05 bits per heavy atom. The van der Waals surface area contributed by atoms with Crippen LogP contribution in [0.3, 0.4) is 0 Å². The molecular weight excluding hydrogens is 523 g/mol. The summed E-state index contributed by atoms with van der Waals surface area (Å²) in [7, 11) is 1.47. The van der Waals surface area contributed by atoms with E-state index in [1.165, 1.54) is 13.5 Å². The molecule has 0 radical (unpaired) electrons. The number of hydrogen-bond acceptors (Lipinski definition) is 7. The molecule has 2 fully saturated rings. The molecule has 0 aliphatic carbocycles. The fourth-order valence-corrected chi connectivity index (χ4v) is 6.81. The fourth-order valence-electron chi connectivity index (χ4n) is 6.25. The first-order chi connectivity index (χ1) is 18.3. The second kappa shape index (κ2) is 11.4. The zero-order chi connectivity index (χ0) is 27.0. The molecule has 0 spiro atoms. The van der Waals surface area contributed by atoms with Gasteiger partial charge < -0.3 is 9.64 Å². The van der Waals surface area contributed by atoms with Gasteiger partial charge in [-0.05, 0) is 77.1 Å². The molecule has 5 rings (SSSR count). The van der Waals surface area contributed by atoms with Gasteiger partial charge in [0.1, 0.15) is 11.3 Å². The molecule has 204 valence electrons. The van der Waals surface area contributed by atoms with E-state index < -0.39 is 0 Å². The molecular formula is C28H36Cl2N6O2. The first kappa shape index (κ1) is 27.2. The van der Waals surface area contributed by atoms with Gasteiger partial charge in [0, 0.05) is 41.1 Å². The van der Waals surface area contributed by atoms with Crippen molar-refractivity contribution in [2.75, 3.05) is 25.1 Å². The predicted octanol–water partition coefficient (Wildman–Crippen LogP) is 5.83. The molecule has 3 aromatic rings. The van der Waals surface area contributed by atoms with Crippen molar-refractivity contribution in [1.29, 1.82) is 0 Å². The number of fused-ring (bicyclic) bond motifs is 1. The molecule has 8 nitrogen and oxygen atoms in total. The summed E-state index contributed by atoms with van der Waals surface area (Å²) >= 11 is 12.7. The summed E-state index contributed by atoms with van der Waals surface area (Å²) in [5.41, 5.74) is 3.35. The largest absolute Gasteiger partial charge is 0.469 e. The average molecular weight is 560 g/mol. The van der Waals surface area contributed by atoms with E-state index in [0.29, 0.717) is 34.6 Å². The summed E-state index contributed by atoms with van der Waals surface area (Å²) in [5, 5.41) is 6.00. The predicted molar refractivity (Wildman–Crippen MR) is 151 cm³/mol.